The van der Waals surface area contributed by atoms with Gasteiger partial charge in [0.25, 0.3) is 11.5 Å². The van der Waals surface area contributed by atoms with Crippen molar-refractivity contribution in [2.24, 2.45) is 12.1 Å². The van der Waals surface area contributed by atoms with Crippen LogP contribution in [-0.2, 0) is 13.5 Å². The van der Waals surface area contributed by atoms with Crippen molar-refractivity contribution >= 4 is 22.9 Å². The molecule has 0 fully saturated rings. The topological polar surface area (TPSA) is 76.3 Å². The average Bonchev–Trinajstić information content (AvgIpc) is 2.65. The summed E-state index contributed by atoms with van der Waals surface area (Å²) < 4.78 is 1.16. The molecule has 1 amide bonds. The second-order valence-electron chi connectivity index (χ2n) is 5.62. The number of hydrogen-bond donors (Lipinski definition) is 1. The van der Waals surface area contributed by atoms with Crippen molar-refractivity contribution in [2.45, 2.75) is 13.3 Å². The van der Waals surface area contributed by atoms with Crippen LogP contribution in [0.5, 0.6) is 0 Å². The van der Waals surface area contributed by atoms with E-state index in [2.05, 4.69) is 22.5 Å². The van der Waals surface area contributed by atoms with Crippen molar-refractivity contribution in [3.8, 4) is 0 Å². The van der Waals surface area contributed by atoms with Crippen molar-refractivity contribution < 1.29 is 4.79 Å². The van der Waals surface area contributed by atoms with Crippen LogP contribution >= 0.6 is 0 Å². The molecule has 0 unspecified atom stereocenters. The fourth-order valence-corrected chi connectivity index (χ4v) is 2.53. The molecule has 1 N–H and O–H groups in total. The zero-order valence-corrected chi connectivity index (χ0v) is 14.1. The Hall–Kier alpha value is -3.28. The van der Waals surface area contributed by atoms with Crippen LogP contribution in [0.4, 0.5) is 0 Å². The zero-order valence-electron chi connectivity index (χ0n) is 14.1. The van der Waals surface area contributed by atoms with Crippen LogP contribution in [0, 0.1) is 0 Å². The maximum atomic E-state index is 12.4. The van der Waals surface area contributed by atoms with Crippen molar-refractivity contribution in [3.05, 3.63) is 75.7 Å². The van der Waals surface area contributed by atoms with E-state index in [0.29, 0.717) is 10.8 Å². The molecule has 126 valence electrons. The highest BCUT2D eigenvalue weighted by Crippen LogP contribution is 2.12. The Kier molecular flexibility index (Phi) is 4.70. The molecule has 3 rings (SSSR count). The molecule has 0 radical (unpaired) electrons. The molecule has 0 aliphatic carbocycles. The number of carbonyl (C=O) groups is 1. The Morgan fingerprint density at radius 2 is 1.84 bits per heavy atom. The summed E-state index contributed by atoms with van der Waals surface area (Å²) in [7, 11) is 1.52. The molecule has 2 aromatic carbocycles. The van der Waals surface area contributed by atoms with Gasteiger partial charge >= 0.3 is 0 Å². The first-order valence-corrected chi connectivity index (χ1v) is 7.98. The van der Waals surface area contributed by atoms with Crippen LogP contribution in [0.25, 0.3) is 10.8 Å². The largest absolute Gasteiger partial charge is 0.292 e. The molecule has 0 spiro atoms. The van der Waals surface area contributed by atoms with Gasteiger partial charge in [-0.1, -0.05) is 49.4 Å². The molecule has 1 aromatic heterocycles. The third-order valence-electron chi connectivity index (χ3n) is 3.94. The quantitative estimate of drug-likeness (QED) is 0.587. The molecule has 0 saturated carbocycles. The van der Waals surface area contributed by atoms with E-state index in [4.69, 9.17) is 0 Å². The first-order valence-electron chi connectivity index (χ1n) is 7.98. The number of nitrogens with one attached hydrogen (secondary N) is 1. The predicted molar refractivity (Wildman–Crippen MR) is 97.9 cm³/mol. The number of aromatic nitrogens is 2. The second kappa shape index (κ2) is 7.09. The highest BCUT2D eigenvalue weighted by atomic mass is 16.2. The summed E-state index contributed by atoms with van der Waals surface area (Å²) in [6, 6.07) is 14.8. The van der Waals surface area contributed by atoms with Gasteiger partial charge in [0, 0.05) is 12.4 Å². The molecular formula is C19H18N4O2. The lowest BCUT2D eigenvalue weighted by Gasteiger charge is -2.06. The van der Waals surface area contributed by atoms with Crippen molar-refractivity contribution in [1.82, 2.24) is 15.2 Å². The van der Waals surface area contributed by atoms with Crippen molar-refractivity contribution in [3.63, 3.8) is 0 Å². The lowest BCUT2D eigenvalue weighted by atomic mass is 10.1. The number of amides is 1. The molecule has 6 nitrogen and oxygen atoms in total. The summed E-state index contributed by atoms with van der Waals surface area (Å²) in [6.07, 6.45) is 2.54. The molecule has 0 aliphatic heterocycles. The van der Waals surface area contributed by atoms with E-state index < -0.39 is 5.91 Å². The van der Waals surface area contributed by atoms with E-state index in [0.717, 1.165) is 16.7 Å². The van der Waals surface area contributed by atoms with Crippen LogP contribution < -0.4 is 11.0 Å². The first kappa shape index (κ1) is 16.6. The summed E-state index contributed by atoms with van der Waals surface area (Å²) in [5.41, 5.74) is 4.51. The van der Waals surface area contributed by atoms with E-state index in [1.165, 1.54) is 12.6 Å². The maximum Gasteiger partial charge on any atom is 0.292 e. The predicted octanol–water partition coefficient (Wildman–Crippen LogP) is 2.26. The molecule has 0 saturated heterocycles. The van der Waals surface area contributed by atoms with Crippen molar-refractivity contribution in [2.75, 3.05) is 0 Å². The molecule has 25 heavy (non-hydrogen) atoms. The van der Waals surface area contributed by atoms with Gasteiger partial charge in [-0.2, -0.15) is 10.2 Å². The number of benzene rings is 2. The number of fused-ring (bicyclic) bond motifs is 1. The van der Waals surface area contributed by atoms with Crippen LogP contribution in [0.2, 0.25) is 0 Å². The number of hydrazone groups is 1. The third kappa shape index (κ3) is 3.47. The van der Waals surface area contributed by atoms with Crippen LogP contribution in [-0.4, -0.2) is 21.9 Å². The Morgan fingerprint density at radius 3 is 2.52 bits per heavy atom. The Labute approximate surface area is 144 Å². The van der Waals surface area contributed by atoms with E-state index in [1.54, 1.807) is 30.5 Å². The minimum absolute atomic E-state index is 0.163. The van der Waals surface area contributed by atoms with E-state index in [9.17, 15) is 9.59 Å². The zero-order chi connectivity index (χ0) is 17.8. The molecule has 1 heterocycles. The van der Waals surface area contributed by atoms with E-state index in [-0.39, 0.29) is 11.3 Å². The molecule has 3 aromatic rings. The number of nitrogens with zero attached hydrogens (tertiary/aromatic N) is 3. The van der Waals surface area contributed by atoms with Gasteiger partial charge < -0.3 is 0 Å². The SMILES string of the molecule is CCc1ccc(/C=N\NC(=O)c2nn(C)c(=O)c3ccccc23)cc1. The van der Waals surface area contributed by atoms with Crippen LogP contribution in [0.1, 0.15) is 28.5 Å². The Bertz CT molecular complexity index is 1000. The van der Waals surface area contributed by atoms with Crippen LogP contribution in [0.3, 0.4) is 0 Å². The van der Waals surface area contributed by atoms with Gasteiger partial charge in [0.05, 0.1) is 11.6 Å². The fourth-order valence-electron chi connectivity index (χ4n) is 2.53. The lowest BCUT2D eigenvalue weighted by molar-refractivity contribution is 0.0950. The second-order valence-corrected chi connectivity index (χ2v) is 5.62. The molecular weight excluding hydrogens is 316 g/mol. The summed E-state index contributed by atoms with van der Waals surface area (Å²) in [5, 5.41) is 9.00. The summed E-state index contributed by atoms with van der Waals surface area (Å²) in [4.78, 5) is 24.5. The molecule has 0 bridgehead atoms. The molecule has 0 atom stereocenters. The third-order valence-corrected chi connectivity index (χ3v) is 3.94. The Morgan fingerprint density at radius 1 is 1.16 bits per heavy atom. The summed E-state index contributed by atoms with van der Waals surface area (Å²) >= 11 is 0. The number of aryl methyl sites for hydroxylation is 2. The van der Waals surface area contributed by atoms with Gasteiger partial charge in [-0.05, 0) is 23.6 Å². The van der Waals surface area contributed by atoms with Gasteiger partial charge in [0.15, 0.2) is 5.69 Å². The van der Waals surface area contributed by atoms with Gasteiger partial charge in [-0.3, -0.25) is 9.59 Å². The summed E-state index contributed by atoms with van der Waals surface area (Å²) in [6.45, 7) is 2.09. The first-order chi connectivity index (χ1) is 12.1. The maximum absolute atomic E-state index is 12.4. The molecule has 6 heteroatoms. The minimum Gasteiger partial charge on any atom is -0.267 e. The normalized spacial score (nSPS) is 11.1. The average molecular weight is 334 g/mol. The van der Waals surface area contributed by atoms with E-state index >= 15 is 0 Å². The number of carbonyl (C=O) groups excluding carboxylic acids is 1. The molecule has 0 aliphatic rings. The van der Waals surface area contributed by atoms with Gasteiger partial charge in [0.2, 0.25) is 0 Å². The highest BCUT2D eigenvalue weighted by molar-refractivity contribution is 6.04. The highest BCUT2D eigenvalue weighted by Gasteiger charge is 2.14. The minimum atomic E-state index is -0.465. The van der Waals surface area contributed by atoms with Crippen LogP contribution in [0.15, 0.2) is 58.4 Å². The monoisotopic (exact) mass is 334 g/mol. The van der Waals surface area contributed by atoms with E-state index in [1.807, 2.05) is 24.3 Å². The standard InChI is InChI=1S/C19H18N4O2/c1-3-13-8-10-14(11-9-13)12-20-21-18(24)17-15-6-4-5-7-16(15)19(25)23(2)22-17/h4-12H,3H2,1-2H3,(H,21,24)/b20-12-. The summed E-state index contributed by atoms with van der Waals surface area (Å²) in [5.74, 6) is -0.465. The van der Waals surface area contributed by atoms with Crippen molar-refractivity contribution in [1.29, 1.82) is 0 Å². The number of rotatable bonds is 4. The lowest BCUT2D eigenvalue weighted by Crippen LogP contribution is -2.27. The fraction of sp³-hybridized carbons (Fsp3) is 0.158. The Balaban J connectivity index is 1.84. The van der Waals surface area contributed by atoms with Gasteiger partial charge in [-0.25, -0.2) is 10.1 Å². The van der Waals surface area contributed by atoms with Gasteiger partial charge in [-0.15, -0.1) is 0 Å². The van der Waals surface area contributed by atoms with Gasteiger partial charge in [0.1, 0.15) is 0 Å². The smallest absolute Gasteiger partial charge is 0.267 e. The number of hydrogen-bond acceptors (Lipinski definition) is 4.